The highest BCUT2D eigenvalue weighted by Crippen LogP contribution is 2.23. The molecule has 3 rings (SSSR count). The van der Waals surface area contributed by atoms with E-state index in [2.05, 4.69) is 6.58 Å². The highest BCUT2D eigenvalue weighted by atomic mass is 16.6. The molecule has 4 heteroatoms. The fourth-order valence-corrected chi connectivity index (χ4v) is 2.89. The van der Waals surface area contributed by atoms with Crippen LogP contribution in [0.5, 0.6) is 5.75 Å². The lowest BCUT2D eigenvalue weighted by Crippen LogP contribution is -2.20. The Balaban J connectivity index is 1.57. The average molecular weight is 412 g/mol. The minimum Gasteiger partial charge on any atom is -0.490 e. The van der Waals surface area contributed by atoms with Gasteiger partial charge in [0, 0.05) is 11.6 Å². The zero-order valence-electron chi connectivity index (χ0n) is 17.4. The van der Waals surface area contributed by atoms with Gasteiger partial charge < -0.3 is 9.47 Å². The van der Waals surface area contributed by atoms with Gasteiger partial charge in [0.25, 0.3) is 0 Å². The van der Waals surface area contributed by atoms with E-state index in [1.807, 2.05) is 72.8 Å². The third-order valence-corrected chi connectivity index (χ3v) is 4.55. The van der Waals surface area contributed by atoms with E-state index in [9.17, 15) is 9.59 Å². The lowest BCUT2D eigenvalue weighted by atomic mass is 10.0. The Morgan fingerprint density at radius 1 is 0.903 bits per heavy atom. The Labute approximate surface area is 182 Å². The first kappa shape index (κ1) is 21.8. The molecule has 1 atom stereocenters. The maximum atomic E-state index is 12.2. The summed E-state index contributed by atoms with van der Waals surface area (Å²) in [5.74, 6) is 0.215. The van der Waals surface area contributed by atoms with Gasteiger partial charge in [0.1, 0.15) is 18.5 Å². The van der Waals surface area contributed by atoms with Crippen LogP contribution in [0.15, 0.2) is 97.6 Å². The summed E-state index contributed by atoms with van der Waals surface area (Å²) in [6, 6.07) is 24.9. The van der Waals surface area contributed by atoms with Crippen LogP contribution in [0.4, 0.5) is 0 Å². The van der Waals surface area contributed by atoms with E-state index in [-0.39, 0.29) is 18.5 Å². The zero-order chi connectivity index (χ0) is 22.1. The number of hydrogen-bond donors (Lipinski definition) is 0. The Morgan fingerprint density at radius 3 is 2.13 bits per heavy atom. The van der Waals surface area contributed by atoms with Crippen molar-refractivity contribution in [2.24, 2.45) is 0 Å². The maximum Gasteiger partial charge on any atom is 0.330 e. The third-order valence-electron chi connectivity index (χ3n) is 4.55. The first-order valence-corrected chi connectivity index (χ1v) is 9.99. The van der Waals surface area contributed by atoms with Gasteiger partial charge in [-0.25, -0.2) is 4.79 Å². The molecule has 0 saturated heterocycles. The van der Waals surface area contributed by atoms with E-state index in [1.165, 1.54) is 0 Å². The molecule has 0 amide bonds. The predicted octanol–water partition coefficient (Wildman–Crippen LogP) is 5.75. The molecule has 3 aromatic carbocycles. The fraction of sp³-hybridized carbons (Fsp3) is 0.111. The molecule has 0 aromatic heterocycles. The van der Waals surface area contributed by atoms with Crippen molar-refractivity contribution in [3.63, 3.8) is 0 Å². The van der Waals surface area contributed by atoms with Crippen molar-refractivity contribution in [3.05, 3.63) is 109 Å². The van der Waals surface area contributed by atoms with Crippen molar-refractivity contribution in [1.29, 1.82) is 0 Å². The van der Waals surface area contributed by atoms with Crippen molar-refractivity contribution in [2.75, 3.05) is 6.61 Å². The standard InChI is InChI=1S/C27H24O4/c1-3-27(29)31-20(2)19-30-25-16-14-23(15-17-25)22-12-9-21(10-13-22)11-18-26(28)24-7-5-4-6-8-24/h3-18,20H,1,19H2,2H3/b18-11+. The van der Waals surface area contributed by atoms with E-state index in [0.717, 1.165) is 22.8 Å². The van der Waals surface area contributed by atoms with E-state index in [1.54, 1.807) is 25.1 Å². The van der Waals surface area contributed by atoms with E-state index in [4.69, 9.17) is 9.47 Å². The fourth-order valence-electron chi connectivity index (χ4n) is 2.89. The summed E-state index contributed by atoms with van der Waals surface area (Å²) in [6.45, 7) is 5.40. The molecule has 0 fully saturated rings. The lowest BCUT2D eigenvalue weighted by Gasteiger charge is -2.13. The average Bonchev–Trinajstić information content (AvgIpc) is 2.82. The summed E-state index contributed by atoms with van der Waals surface area (Å²) in [5.41, 5.74) is 3.74. The van der Waals surface area contributed by atoms with Crippen LogP contribution in [0, 0.1) is 0 Å². The molecule has 0 aliphatic rings. The zero-order valence-corrected chi connectivity index (χ0v) is 17.4. The Kier molecular flexibility index (Phi) is 7.55. The highest BCUT2D eigenvalue weighted by molar-refractivity contribution is 6.06. The summed E-state index contributed by atoms with van der Waals surface area (Å²) in [6.07, 6.45) is 4.17. The molecule has 0 aliphatic heterocycles. The van der Waals surface area contributed by atoms with Gasteiger partial charge in [-0.3, -0.25) is 4.79 Å². The predicted molar refractivity (Wildman–Crippen MR) is 123 cm³/mol. The molecule has 0 radical (unpaired) electrons. The van der Waals surface area contributed by atoms with Crippen molar-refractivity contribution >= 4 is 17.8 Å². The van der Waals surface area contributed by atoms with Crippen molar-refractivity contribution in [1.82, 2.24) is 0 Å². The topological polar surface area (TPSA) is 52.6 Å². The number of esters is 1. The van der Waals surface area contributed by atoms with Gasteiger partial charge in [-0.15, -0.1) is 0 Å². The monoisotopic (exact) mass is 412 g/mol. The molecular formula is C27H24O4. The summed E-state index contributed by atoms with van der Waals surface area (Å²) in [5, 5.41) is 0. The summed E-state index contributed by atoms with van der Waals surface area (Å²) in [4.78, 5) is 23.4. The van der Waals surface area contributed by atoms with Crippen LogP contribution in [-0.4, -0.2) is 24.5 Å². The van der Waals surface area contributed by atoms with E-state index < -0.39 is 5.97 Å². The smallest absolute Gasteiger partial charge is 0.330 e. The lowest BCUT2D eigenvalue weighted by molar-refractivity contribution is -0.143. The number of carbonyl (C=O) groups excluding carboxylic acids is 2. The molecule has 0 bridgehead atoms. The molecule has 1 unspecified atom stereocenters. The maximum absolute atomic E-state index is 12.2. The van der Waals surface area contributed by atoms with Gasteiger partial charge in [0.15, 0.2) is 5.78 Å². The van der Waals surface area contributed by atoms with E-state index >= 15 is 0 Å². The second-order valence-corrected chi connectivity index (χ2v) is 6.97. The van der Waals surface area contributed by atoms with Gasteiger partial charge in [0.2, 0.25) is 0 Å². The molecule has 156 valence electrons. The second kappa shape index (κ2) is 10.7. The molecule has 3 aromatic rings. The summed E-state index contributed by atoms with van der Waals surface area (Å²) < 4.78 is 10.7. The van der Waals surface area contributed by atoms with Crippen LogP contribution in [-0.2, 0) is 9.53 Å². The van der Waals surface area contributed by atoms with Gasteiger partial charge in [-0.2, -0.15) is 0 Å². The quantitative estimate of drug-likeness (QED) is 0.255. The third kappa shape index (κ3) is 6.54. The normalized spacial score (nSPS) is 11.6. The highest BCUT2D eigenvalue weighted by Gasteiger charge is 2.07. The van der Waals surface area contributed by atoms with E-state index in [0.29, 0.717) is 11.3 Å². The molecule has 0 aliphatic carbocycles. The van der Waals surface area contributed by atoms with Gasteiger partial charge in [-0.1, -0.05) is 79.4 Å². The van der Waals surface area contributed by atoms with Crippen molar-refractivity contribution in [3.8, 4) is 16.9 Å². The molecule has 0 spiro atoms. The van der Waals surface area contributed by atoms with Gasteiger partial charge in [0.05, 0.1) is 0 Å². The van der Waals surface area contributed by atoms with Crippen LogP contribution in [0.25, 0.3) is 17.2 Å². The summed E-state index contributed by atoms with van der Waals surface area (Å²) in [7, 11) is 0. The van der Waals surface area contributed by atoms with Gasteiger partial charge >= 0.3 is 5.97 Å². The minimum absolute atomic E-state index is 0.0196. The van der Waals surface area contributed by atoms with Crippen LogP contribution in [0.1, 0.15) is 22.8 Å². The molecule has 4 nitrogen and oxygen atoms in total. The number of allylic oxidation sites excluding steroid dienone is 1. The Morgan fingerprint density at radius 2 is 1.52 bits per heavy atom. The molecule has 0 N–H and O–H groups in total. The SMILES string of the molecule is C=CC(=O)OC(C)COc1ccc(-c2ccc(/C=C/C(=O)c3ccccc3)cc2)cc1. The number of rotatable bonds is 9. The molecular weight excluding hydrogens is 388 g/mol. The number of carbonyl (C=O) groups is 2. The minimum atomic E-state index is -0.464. The Hall–Kier alpha value is -3.92. The Bertz CT molecular complexity index is 1050. The van der Waals surface area contributed by atoms with Crippen molar-refractivity contribution < 1.29 is 19.1 Å². The number of hydrogen-bond acceptors (Lipinski definition) is 4. The van der Waals surface area contributed by atoms with Crippen LogP contribution in [0.2, 0.25) is 0 Å². The number of ether oxygens (including phenoxy) is 2. The summed E-state index contributed by atoms with van der Waals surface area (Å²) >= 11 is 0. The van der Waals surface area contributed by atoms with Crippen LogP contribution < -0.4 is 4.74 Å². The van der Waals surface area contributed by atoms with Gasteiger partial charge in [-0.05, 0) is 41.8 Å². The van der Waals surface area contributed by atoms with Crippen molar-refractivity contribution in [2.45, 2.75) is 13.0 Å². The molecule has 0 heterocycles. The number of benzene rings is 3. The van der Waals surface area contributed by atoms with Crippen LogP contribution >= 0.6 is 0 Å². The van der Waals surface area contributed by atoms with Crippen LogP contribution in [0.3, 0.4) is 0 Å². The molecule has 0 saturated carbocycles. The second-order valence-electron chi connectivity index (χ2n) is 6.97. The first-order chi connectivity index (χ1) is 15.0. The number of ketones is 1. The largest absolute Gasteiger partial charge is 0.490 e. The first-order valence-electron chi connectivity index (χ1n) is 9.99. The molecule has 31 heavy (non-hydrogen) atoms.